The molecule has 2 amide bonds. The summed E-state index contributed by atoms with van der Waals surface area (Å²) in [6, 6.07) is 8.84. The first-order valence-corrected chi connectivity index (χ1v) is 8.59. The zero-order valence-corrected chi connectivity index (χ0v) is 13.7. The van der Waals surface area contributed by atoms with E-state index in [-0.39, 0.29) is 17.7 Å². The molecular formula is C18H25N3O2. The van der Waals surface area contributed by atoms with Gasteiger partial charge in [0.25, 0.3) is 0 Å². The number of benzene rings is 1. The summed E-state index contributed by atoms with van der Waals surface area (Å²) in [5.41, 5.74) is 2.21. The minimum atomic E-state index is -0.197. The van der Waals surface area contributed by atoms with Gasteiger partial charge in [0, 0.05) is 31.2 Å². The van der Waals surface area contributed by atoms with Gasteiger partial charge in [0.1, 0.15) is 0 Å². The van der Waals surface area contributed by atoms with E-state index in [1.165, 1.54) is 18.5 Å². The van der Waals surface area contributed by atoms with Crippen LogP contribution in [-0.4, -0.2) is 37.5 Å². The Morgan fingerprint density at radius 1 is 1.22 bits per heavy atom. The van der Waals surface area contributed by atoms with Gasteiger partial charge < -0.3 is 10.2 Å². The monoisotopic (exact) mass is 315 g/mol. The lowest BCUT2D eigenvalue weighted by atomic mass is 9.90. The molecule has 2 fully saturated rings. The number of hydrogen-bond acceptors (Lipinski definition) is 4. The average molecular weight is 315 g/mol. The zero-order chi connectivity index (χ0) is 16.2. The third-order valence-electron chi connectivity index (χ3n) is 4.81. The molecule has 0 radical (unpaired) electrons. The van der Waals surface area contributed by atoms with E-state index in [1.54, 1.807) is 0 Å². The first-order chi connectivity index (χ1) is 11.2. The van der Waals surface area contributed by atoms with Gasteiger partial charge in [0.15, 0.2) is 0 Å². The normalized spacial score (nSPS) is 25.3. The SMILES string of the molecule is CCNC1CCCN(c2ccc(C3CCC(=O)NC3=O)cc2)C1. The second kappa shape index (κ2) is 7.13. The summed E-state index contributed by atoms with van der Waals surface area (Å²) in [4.78, 5) is 25.6. The largest absolute Gasteiger partial charge is 0.370 e. The molecule has 5 nitrogen and oxygen atoms in total. The van der Waals surface area contributed by atoms with Crippen molar-refractivity contribution in [3.05, 3.63) is 29.8 Å². The van der Waals surface area contributed by atoms with Gasteiger partial charge >= 0.3 is 0 Å². The summed E-state index contributed by atoms with van der Waals surface area (Å²) < 4.78 is 0. The van der Waals surface area contributed by atoms with Gasteiger partial charge in [-0.2, -0.15) is 0 Å². The van der Waals surface area contributed by atoms with Crippen LogP contribution in [0.25, 0.3) is 0 Å². The minimum Gasteiger partial charge on any atom is -0.370 e. The van der Waals surface area contributed by atoms with Crippen LogP contribution in [0.15, 0.2) is 24.3 Å². The van der Waals surface area contributed by atoms with E-state index in [2.05, 4.69) is 34.6 Å². The predicted octanol–water partition coefficient (Wildman–Crippen LogP) is 1.79. The van der Waals surface area contributed by atoms with Gasteiger partial charge in [0.2, 0.25) is 11.8 Å². The summed E-state index contributed by atoms with van der Waals surface area (Å²) in [5, 5.41) is 5.96. The third-order valence-corrected chi connectivity index (χ3v) is 4.81. The number of anilines is 1. The minimum absolute atomic E-state index is 0.161. The maximum absolute atomic E-state index is 12.0. The molecule has 0 spiro atoms. The molecule has 23 heavy (non-hydrogen) atoms. The lowest BCUT2D eigenvalue weighted by Gasteiger charge is -2.35. The molecule has 2 aliphatic rings. The molecule has 3 rings (SSSR count). The van der Waals surface area contributed by atoms with Gasteiger partial charge in [0.05, 0.1) is 5.92 Å². The topological polar surface area (TPSA) is 61.4 Å². The highest BCUT2D eigenvalue weighted by atomic mass is 16.2. The Morgan fingerprint density at radius 2 is 2.00 bits per heavy atom. The molecule has 1 aromatic rings. The number of nitrogens with zero attached hydrogens (tertiary/aromatic N) is 1. The van der Waals surface area contributed by atoms with E-state index in [0.717, 1.165) is 25.2 Å². The van der Waals surface area contributed by atoms with Crippen molar-refractivity contribution in [3.8, 4) is 0 Å². The number of carbonyl (C=O) groups is 2. The van der Waals surface area contributed by atoms with Crippen molar-refractivity contribution >= 4 is 17.5 Å². The summed E-state index contributed by atoms with van der Waals surface area (Å²) in [5.74, 6) is -0.526. The number of nitrogens with one attached hydrogen (secondary N) is 2. The maximum Gasteiger partial charge on any atom is 0.234 e. The lowest BCUT2D eigenvalue weighted by molar-refractivity contribution is -0.134. The molecule has 2 atom stereocenters. The van der Waals surface area contributed by atoms with E-state index in [9.17, 15) is 9.59 Å². The summed E-state index contributed by atoms with van der Waals surface area (Å²) in [7, 11) is 0. The highest BCUT2D eigenvalue weighted by molar-refractivity contribution is 6.00. The van der Waals surface area contributed by atoms with Gasteiger partial charge in [-0.3, -0.25) is 14.9 Å². The molecule has 0 aromatic heterocycles. The Hall–Kier alpha value is -1.88. The van der Waals surface area contributed by atoms with Crippen molar-refractivity contribution in [3.63, 3.8) is 0 Å². The number of imide groups is 1. The molecule has 2 unspecified atom stereocenters. The quantitative estimate of drug-likeness (QED) is 0.832. The van der Waals surface area contributed by atoms with Crippen molar-refractivity contribution in [1.82, 2.24) is 10.6 Å². The second-order valence-electron chi connectivity index (χ2n) is 6.44. The lowest BCUT2D eigenvalue weighted by Crippen LogP contribution is -2.45. The molecule has 2 aliphatic heterocycles. The average Bonchev–Trinajstić information content (AvgIpc) is 2.56. The number of hydrogen-bond donors (Lipinski definition) is 2. The third kappa shape index (κ3) is 3.72. The van der Waals surface area contributed by atoms with Crippen LogP contribution in [0, 0.1) is 0 Å². The Kier molecular flexibility index (Phi) is 4.96. The fourth-order valence-corrected chi connectivity index (χ4v) is 3.60. The smallest absolute Gasteiger partial charge is 0.234 e. The molecule has 0 bridgehead atoms. The highest BCUT2D eigenvalue weighted by Gasteiger charge is 2.28. The molecule has 2 N–H and O–H groups in total. The maximum atomic E-state index is 12.0. The van der Waals surface area contributed by atoms with E-state index >= 15 is 0 Å². The van der Waals surface area contributed by atoms with Crippen molar-refractivity contribution in [2.75, 3.05) is 24.5 Å². The molecule has 124 valence electrons. The Morgan fingerprint density at radius 3 is 2.70 bits per heavy atom. The van der Waals surface area contributed by atoms with Crippen molar-refractivity contribution in [2.45, 2.75) is 44.6 Å². The fraction of sp³-hybridized carbons (Fsp3) is 0.556. The molecule has 5 heteroatoms. The second-order valence-corrected chi connectivity index (χ2v) is 6.44. The number of likely N-dealkylation sites (N-methyl/N-ethyl adjacent to an activating group) is 1. The fourth-order valence-electron chi connectivity index (χ4n) is 3.60. The molecule has 2 heterocycles. The number of carbonyl (C=O) groups excluding carboxylic acids is 2. The summed E-state index contributed by atoms with van der Waals surface area (Å²) in [6.45, 7) is 5.27. The van der Waals surface area contributed by atoms with Crippen LogP contribution in [0.3, 0.4) is 0 Å². The van der Waals surface area contributed by atoms with Gasteiger partial charge in [-0.15, -0.1) is 0 Å². The van der Waals surface area contributed by atoms with Gasteiger partial charge in [-0.1, -0.05) is 19.1 Å². The first kappa shape index (κ1) is 16.0. The van der Waals surface area contributed by atoms with Crippen LogP contribution in [0.1, 0.15) is 44.1 Å². The Balaban J connectivity index is 1.67. The number of amides is 2. The Bertz CT molecular complexity index is 568. The zero-order valence-electron chi connectivity index (χ0n) is 13.7. The van der Waals surface area contributed by atoms with Crippen LogP contribution in [-0.2, 0) is 9.59 Å². The molecular weight excluding hydrogens is 290 g/mol. The van der Waals surface area contributed by atoms with E-state index in [1.807, 2.05) is 12.1 Å². The van der Waals surface area contributed by atoms with Crippen LogP contribution < -0.4 is 15.5 Å². The Labute approximate surface area is 137 Å². The predicted molar refractivity (Wildman–Crippen MR) is 90.5 cm³/mol. The molecule has 2 saturated heterocycles. The highest BCUT2D eigenvalue weighted by Crippen LogP contribution is 2.27. The van der Waals surface area contributed by atoms with Gasteiger partial charge in [-0.05, 0) is 43.5 Å². The van der Waals surface area contributed by atoms with Crippen LogP contribution in [0.5, 0.6) is 0 Å². The first-order valence-electron chi connectivity index (χ1n) is 8.59. The summed E-state index contributed by atoms with van der Waals surface area (Å²) >= 11 is 0. The van der Waals surface area contributed by atoms with Crippen molar-refractivity contribution < 1.29 is 9.59 Å². The molecule has 0 saturated carbocycles. The van der Waals surface area contributed by atoms with Crippen molar-refractivity contribution in [1.29, 1.82) is 0 Å². The van der Waals surface area contributed by atoms with E-state index in [0.29, 0.717) is 18.9 Å². The number of piperidine rings is 2. The van der Waals surface area contributed by atoms with E-state index in [4.69, 9.17) is 0 Å². The number of rotatable bonds is 4. The van der Waals surface area contributed by atoms with Crippen LogP contribution in [0.2, 0.25) is 0 Å². The standard InChI is InChI=1S/C18H25N3O2/c1-2-19-14-4-3-11-21(12-14)15-7-5-13(6-8-15)16-9-10-17(22)20-18(16)23/h5-8,14,16,19H,2-4,9-12H2,1H3,(H,20,22,23). The molecule has 1 aromatic carbocycles. The van der Waals surface area contributed by atoms with Crippen LogP contribution >= 0.6 is 0 Å². The van der Waals surface area contributed by atoms with Crippen molar-refractivity contribution in [2.24, 2.45) is 0 Å². The molecule has 0 aliphatic carbocycles. The summed E-state index contributed by atoms with van der Waals surface area (Å²) in [6.07, 6.45) is 3.47. The van der Waals surface area contributed by atoms with E-state index < -0.39 is 0 Å². The van der Waals surface area contributed by atoms with Crippen LogP contribution in [0.4, 0.5) is 5.69 Å². The van der Waals surface area contributed by atoms with Gasteiger partial charge in [-0.25, -0.2) is 0 Å².